The highest BCUT2D eigenvalue weighted by atomic mass is 79.9. The van der Waals surface area contributed by atoms with Crippen LogP contribution in [0.1, 0.15) is 71.1 Å². The topological polar surface area (TPSA) is 0 Å². The number of benzene rings is 3. The Morgan fingerprint density at radius 3 is 1.09 bits per heavy atom. The average Bonchev–Trinajstić information content (AvgIpc) is 2.84. The fourth-order valence-electron chi connectivity index (χ4n) is 4.72. The number of unbranched alkanes of at least 4 members (excludes halogenated alkanes) is 9. The predicted octanol–water partition coefficient (Wildman–Crippen LogP) is 4.91. The first-order valence-electron chi connectivity index (χ1n) is 12.4. The monoisotopic (exact) mass is 510 g/mol. The van der Waals surface area contributed by atoms with Gasteiger partial charge >= 0.3 is 0 Å². The van der Waals surface area contributed by atoms with Crippen LogP contribution in [0.5, 0.6) is 0 Å². The van der Waals surface area contributed by atoms with Crippen molar-refractivity contribution in [2.45, 2.75) is 71.1 Å². The zero-order chi connectivity index (χ0) is 21.6. The first-order chi connectivity index (χ1) is 15.4. The molecule has 0 amide bonds. The third-order valence-electron chi connectivity index (χ3n) is 6.44. The van der Waals surface area contributed by atoms with E-state index >= 15 is 0 Å². The van der Waals surface area contributed by atoms with Gasteiger partial charge in [0, 0.05) is 0 Å². The van der Waals surface area contributed by atoms with Crippen molar-refractivity contribution in [2.75, 3.05) is 6.16 Å². The summed E-state index contributed by atoms with van der Waals surface area (Å²) >= 11 is 0. The molecule has 0 aliphatic rings. The Bertz CT molecular complexity index is 736. The van der Waals surface area contributed by atoms with E-state index in [9.17, 15) is 0 Å². The van der Waals surface area contributed by atoms with E-state index in [0.29, 0.717) is 0 Å². The van der Waals surface area contributed by atoms with Gasteiger partial charge in [0.25, 0.3) is 0 Å². The first kappa shape index (κ1) is 26.8. The summed E-state index contributed by atoms with van der Waals surface area (Å²) in [5.74, 6) is 0. The van der Waals surface area contributed by atoms with Crippen LogP contribution in [-0.4, -0.2) is 6.16 Å². The summed E-state index contributed by atoms with van der Waals surface area (Å²) in [7, 11) is -1.63. The van der Waals surface area contributed by atoms with Gasteiger partial charge in [-0.3, -0.25) is 0 Å². The minimum atomic E-state index is -1.63. The molecule has 0 N–H and O–H groups in total. The molecule has 0 bridgehead atoms. The molecule has 172 valence electrons. The maximum Gasteiger partial charge on any atom is 0.112 e. The molecule has 2 heteroatoms. The maximum atomic E-state index is 2.37. The lowest BCUT2D eigenvalue weighted by Crippen LogP contribution is -3.00. The van der Waals surface area contributed by atoms with E-state index in [1.807, 2.05) is 0 Å². The van der Waals surface area contributed by atoms with Gasteiger partial charge in [-0.15, -0.1) is 0 Å². The minimum absolute atomic E-state index is 0. The zero-order valence-corrected chi connectivity index (χ0v) is 22.2. The molecule has 3 aromatic rings. The summed E-state index contributed by atoms with van der Waals surface area (Å²) < 4.78 is 0. The van der Waals surface area contributed by atoms with Crippen LogP contribution in [0.3, 0.4) is 0 Å². The van der Waals surface area contributed by atoms with Gasteiger partial charge in [0.2, 0.25) is 0 Å². The second-order valence-electron chi connectivity index (χ2n) is 8.72. The molecule has 3 aromatic carbocycles. The summed E-state index contributed by atoms with van der Waals surface area (Å²) in [6.45, 7) is 2.29. The third-order valence-corrected chi connectivity index (χ3v) is 11.0. The fraction of sp³-hybridized carbons (Fsp3) is 0.400. The van der Waals surface area contributed by atoms with Crippen LogP contribution in [0.15, 0.2) is 91.0 Å². The maximum absolute atomic E-state index is 2.37. The van der Waals surface area contributed by atoms with Gasteiger partial charge in [0.1, 0.15) is 23.2 Å². The zero-order valence-electron chi connectivity index (χ0n) is 19.8. The van der Waals surface area contributed by atoms with Crippen molar-refractivity contribution in [1.82, 2.24) is 0 Å². The van der Waals surface area contributed by atoms with E-state index in [2.05, 4.69) is 97.9 Å². The molecular formula is C30H40BrP. The first-order valence-corrected chi connectivity index (χ1v) is 14.4. The van der Waals surface area contributed by atoms with Gasteiger partial charge < -0.3 is 17.0 Å². The number of hydrogen-bond donors (Lipinski definition) is 0. The highest BCUT2D eigenvalue weighted by molar-refractivity contribution is 7.95. The second-order valence-corrected chi connectivity index (χ2v) is 12.3. The van der Waals surface area contributed by atoms with Crippen LogP contribution in [0.4, 0.5) is 0 Å². The molecular weight excluding hydrogens is 471 g/mol. The molecule has 0 aromatic heterocycles. The second kappa shape index (κ2) is 15.4. The van der Waals surface area contributed by atoms with Gasteiger partial charge in [0.15, 0.2) is 0 Å². The summed E-state index contributed by atoms with van der Waals surface area (Å²) in [6, 6.07) is 33.9. The molecule has 0 nitrogen and oxygen atoms in total. The molecule has 3 rings (SSSR count). The molecule has 32 heavy (non-hydrogen) atoms. The molecule has 0 atom stereocenters. The van der Waals surface area contributed by atoms with E-state index in [-0.39, 0.29) is 17.0 Å². The lowest BCUT2D eigenvalue weighted by atomic mass is 10.1. The van der Waals surface area contributed by atoms with E-state index in [0.717, 1.165) is 0 Å². The fourth-order valence-corrected chi connectivity index (χ4v) is 9.13. The summed E-state index contributed by atoms with van der Waals surface area (Å²) in [5.41, 5.74) is 0. The van der Waals surface area contributed by atoms with Crippen molar-refractivity contribution in [3.63, 3.8) is 0 Å². The molecule has 0 heterocycles. The van der Waals surface area contributed by atoms with E-state index in [1.54, 1.807) is 0 Å². The van der Waals surface area contributed by atoms with Crippen LogP contribution < -0.4 is 32.9 Å². The summed E-state index contributed by atoms with van der Waals surface area (Å²) in [6.07, 6.45) is 15.2. The SMILES string of the molecule is CCCCCCCCCCCC[P+](c1ccccc1)(c1ccccc1)c1ccccc1.[Br-]. The van der Waals surface area contributed by atoms with Crippen LogP contribution in [0.2, 0.25) is 0 Å². The van der Waals surface area contributed by atoms with Gasteiger partial charge in [-0.2, -0.15) is 0 Å². The Balaban J connectivity index is 0.00000363. The van der Waals surface area contributed by atoms with Crippen molar-refractivity contribution in [3.05, 3.63) is 91.0 Å². The van der Waals surface area contributed by atoms with Gasteiger partial charge in [0.05, 0.1) is 6.16 Å². The molecule has 0 spiro atoms. The molecule has 0 saturated carbocycles. The number of rotatable bonds is 14. The number of hydrogen-bond acceptors (Lipinski definition) is 0. The Kier molecular flexibility index (Phi) is 12.9. The van der Waals surface area contributed by atoms with Crippen LogP contribution >= 0.6 is 7.26 Å². The van der Waals surface area contributed by atoms with Gasteiger partial charge in [-0.1, -0.05) is 113 Å². The van der Waals surface area contributed by atoms with E-state index in [1.165, 1.54) is 86.3 Å². The number of halogens is 1. The normalized spacial score (nSPS) is 11.2. The van der Waals surface area contributed by atoms with Crippen LogP contribution in [-0.2, 0) is 0 Å². The van der Waals surface area contributed by atoms with Crippen molar-refractivity contribution >= 4 is 23.2 Å². The molecule has 0 aliphatic heterocycles. The molecule has 0 unspecified atom stereocenters. The van der Waals surface area contributed by atoms with Crippen molar-refractivity contribution in [1.29, 1.82) is 0 Å². The Morgan fingerprint density at radius 1 is 0.438 bits per heavy atom. The van der Waals surface area contributed by atoms with Crippen LogP contribution in [0.25, 0.3) is 0 Å². The van der Waals surface area contributed by atoms with E-state index in [4.69, 9.17) is 0 Å². The Labute approximate surface area is 208 Å². The molecule has 0 radical (unpaired) electrons. The lowest BCUT2D eigenvalue weighted by molar-refractivity contribution is -0.00000631. The van der Waals surface area contributed by atoms with Gasteiger partial charge in [-0.25, -0.2) is 0 Å². The smallest absolute Gasteiger partial charge is 0.112 e. The summed E-state index contributed by atoms with van der Waals surface area (Å²) in [5, 5.41) is 4.55. The minimum Gasteiger partial charge on any atom is -1.00 e. The third kappa shape index (κ3) is 7.57. The van der Waals surface area contributed by atoms with Crippen molar-refractivity contribution in [3.8, 4) is 0 Å². The molecule has 0 aliphatic carbocycles. The van der Waals surface area contributed by atoms with Crippen molar-refractivity contribution in [2.24, 2.45) is 0 Å². The van der Waals surface area contributed by atoms with E-state index < -0.39 is 7.26 Å². The highest BCUT2D eigenvalue weighted by Gasteiger charge is 2.44. The Hall–Kier alpha value is -1.43. The summed E-state index contributed by atoms with van der Waals surface area (Å²) in [4.78, 5) is 0. The highest BCUT2D eigenvalue weighted by Crippen LogP contribution is 2.55. The molecule has 0 fully saturated rings. The van der Waals surface area contributed by atoms with Gasteiger partial charge in [-0.05, 0) is 49.2 Å². The largest absolute Gasteiger partial charge is 1.00 e. The van der Waals surface area contributed by atoms with Crippen molar-refractivity contribution < 1.29 is 17.0 Å². The standard InChI is InChI=1S/C30H40P.BrH/c1-2-3-4-5-6-7-8-9-10-20-27-31(28-21-14-11-15-22-28,29-23-16-12-17-24-29)30-25-18-13-19-26-30;/h11-19,21-26H,2-10,20,27H2,1H3;1H/q+1;/p-1. The molecule has 0 saturated heterocycles. The van der Waals surface area contributed by atoms with Crippen LogP contribution in [0, 0.1) is 0 Å². The average molecular weight is 512 g/mol. The predicted molar refractivity (Wildman–Crippen MR) is 142 cm³/mol. The quantitative estimate of drug-likeness (QED) is 0.213. The Morgan fingerprint density at radius 2 is 0.750 bits per heavy atom. The lowest BCUT2D eigenvalue weighted by Gasteiger charge is -2.27.